The highest BCUT2D eigenvalue weighted by Gasteiger charge is 2.38. The second kappa shape index (κ2) is 9.65. The Hall–Kier alpha value is -3.65. The molecule has 1 N–H and O–H groups in total. The standard InChI is InChI=1S/C30H29NO/c1-23-13-12-14-25(24(23)2)22-31-29(32)21-30(26-15-6-3-7-16-26,27-17-8-4-9-18-27)28-19-10-5-11-20-28/h3-20H,21-22H2,1-2H3,(H,31,32). The molecule has 2 nitrogen and oxygen atoms in total. The van der Waals surface area contributed by atoms with Gasteiger partial charge in [-0.15, -0.1) is 0 Å². The Kier molecular flexibility index (Phi) is 6.51. The maximum absolute atomic E-state index is 13.4. The molecule has 160 valence electrons. The SMILES string of the molecule is Cc1cccc(CNC(=O)CC(c2ccccc2)(c2ccccc2)c2ccccc2)c1C. The van der Waals surface area contributed by atoms with Gasteiger partial charge in [0.25, 0.3) is 0 Å². The molecule has 0 aliphatic heterocycles. The zero-order chi connectivity index (χ0) is 22.4. The Labute approximate surface area is 191 Å². The van der Waals surface area contributed by atoms with Crippen LogP contribution in [-0.2, 0) is 16.8 Å². The molecule has 2 heteroatoms. The molecule has 32 heavy (non-hydrogen) atoms. The van der Waals surface area contributed by atoms with Crippen molar-refractivity contribution in [2.24, 2.45) is 0 Å². The fourth-order valence-electron chi connectivity index (χ4n) is 4.47. The van der Waals surface area contributed by atoms with Crippen molar-refractivity contribution in [3.05, 3.63) is 143 Å². The Balaban J connectivity index is 1.74. The van der Waals surface area contributed by atoms with E-state index in [1.165, 1.54) is 11.1 Å². The van der Waals surface area contributed by atoms with Crippen LogP contribution in [0.3, 0.4) is 0 Å². The lowest BCUT2D eigenvalue weighted by molar-refractivity contribution is -0.122. The molecule has 0 heterocycles. The Morgan fingerprint density at radius 2 is 1.12 bits per heavy atom. The predicted molar refractivity (Wildman–Crippen MR) is 132 cm³/mol. The fraction of sp³-hybridized carbons (Fsp3) is 0.167. The summed E-state index contributed by atoms with van der Waals surface area (Å²) >= 11 is 0. The monoisotopic (exact) mass is 419 g/mol. The van der Waals surface area contributed by atoms with Crippen LogP contribution >= 0.6 is 0 Å². The predicted octanol–water partition coefficient (Wildman–Crippen LogP) is 6.34. The first-order valence-electron chi connectivity index (χ1n) is 11.1. The summed E-state index contributed by atoms with van der Waals surface area (Å²) in [6.07, 6.45) is 0.329. The summed E-state index contributed by atoms with van der Waals surface area (Å²) < 4.78 is 0. The van der Waals surface area contributed by atoms with Crippen LogP contribution in [0.5, 0.6) is 0 Å². The molecule has 0 unspecified atom stereocenters. The molecular formula is C30H29NO. The minimum absolute atomic E-state index is 0.0301. The lowest BCUT2D eigenvalue weighted by Gasteiger charge is -2.35. The number of carbonyl (C=O) groups excluding carboxylic acids is 1. The van der Waals surface area contributed by atoms with Gasteiger partial charge in [-0.3, -0.25) is 4.79 Å². The third-order valence-electron chi connectivity index (χ3n) is 6.42. The van der Waals surface area contributed by atoms with Crippen LogP contribution < -0.4 is 5.32 Å². The zero-order valence-electron chi connectivity index (χ0n) is 18.7. The normalized spacial score (nSPS) is 11.2. The summed E-state index contributed by atoms with van der Waals surface area (Å²) in [5.74, 6) is 0.0301. The average molecular weight is 420 g/mol. The van der Waals surface area contributed by atoms with Gasteiger partial charge in [-0.2, -0.15) is 0 Å². The first-order valence-corrected chi connectivity index (χ1v) is 11.1. The van der Waals surface area contributed by atoms with Gasteiger partial charge in [0.1, 0.15) is 0 Å². The van der Waals surface area contributed by atoms with E-state index in [1.807, 2.05) is 60.7 Å². The highest BCUT2D eigenvalue weighted by atomic mass is 16.1. The molecule has 0 aromatic heterocycles. The second-order valence-electron chi connectivity index (χ2n) is 8.32. The van der Waals surface area contributed by atoms with Crippen molar-refractivity contribution in [3.63, 3.8) is 0 Å². The summed E-state index contributed by atoms with van der Waals surface area (Å²) in [6, 6.07) is 37.3. The van der Waals surface area contributed by atoms with Crippen molar-refractivity contribution in [2.45, 2.75) is 32.2 Å². The van der Waals surface area contributed by atoms with Crippen LogP contribution in [0.25, 0.3) is 0 Å². The van der Waals surface area contributed by atoms with Gasteiger partial charge in [0, 0.05) is 13.0 Å². The van der Waals surface area contributed by atoms with Crippen LogP contribution in [0, 0.1) is 13.8 Å². The molecule has 0 spiro atoms. The molecule has 4 aromatic rings. The topological polar surface area (TPSA) is 29.1 Å². The molecule has 0 fully saturated rings. The molecule has 0 aliphatic rings. The third-order valence-corrected chi connectivity index (χ3v) is 6.42. The number of rotatable bonds is 7. The van der Waals surface area contributed by atoms with E-state index in [9.17, 15) is 4.79 Å². The van der Waals surface area contributed by atoms with Gasteiger partial charge >= 0.3 is 0 Å². The van der Waals surface area contributed by atoms with Gasteiger partial charge in [-0.05, 0) is 47.2 Å². The van der Waals surface area contributed by atoms with E-state index in [1.54, 1.807) is 0 Å². The number of carbonyl (C=O) groups is 1. The zero-order valence-corrected chi connectivity index (χ0v) is 18.7. The number of hydrogen-bond donors (Lipinski definition) is 1. The van der Waals surface area contributed by atoms with E-state index in [-0.39, 0.29) is 5.91 Å². The van der Waals surface area contributed by atoms with E-state index in [4.69, 9.17) is 0 Å². The molecule has 4 aromatic carbocycles. The summed E-state index contributed by atoms with van der Waals surface area (Å²) in [7, 11) is 0. The van der Waals surface area contributed by atoms with E-state index in [2.05, 4.69) is 67.7 Å². The number of benzene rings is 4. The van der Waals surface area contributed by atoms with Crippen LogP contribution in [0.4, 0.5) is 0 Å². The van der Waals surface area contributed by atoms with Crippen LogP contribution in [-0.4, -0.2) is 5.91 Å². The minimum Gasteiger partial charge on any atom is -0.352 e. The van der Waals surface area contributed by atoms with Crippen molar-refractivity contribution in [2.75, 3.05) is 0 Å². The molecule has 0 saturated heterocycles. The first-order chi connectivity index (χ1) is 15.6. The van der Waals surface area contributed by atoms with Crippen molar-refractivity contribution in [1.82, 2.24) is 5.32 Å². The quantitative estimate of drug-likeness (QED) is 0.348. The first kappa shape index (κ1) is 21.6. The maximum Gasteiger partial charge on any atom is 0.221 e. The second-order valence-corrected chi connectivity index (χ2v) is 8.32. The number of nitrogens with one attached hydrogen (secondary N) is 1. The number of amides is 1. The van der Waals surface area contributed by atoms with Crippen LogP contribution in [0.2, 0.25) is 0 Å². The minimum atomic E-state index is -0.574. The Bertz CT molecular complexity index is 1070. The largest absolute Gasteiger partial charge is 0.352 e. The molecule has 1 amide bonds. The van der Waals surface area contributed by atoms with Gasteiger partial charge in [0.2, 0.25) is 5.91 Å². The smallest absolute Gasteiger partial charge is 0.221 e. The maximum atomic E-state index is 13.4. The molecule has 0 atom stereocenters. The van der Waals surface area contributed by atoms with Crippen molar-refractivity contribution in [3.8, 4) is 0 Å². The van der Waals surface area contributed by atoms with Gasteiger partial charge in [0.15, 0.2) is 0 Å². The molecule has 4 rings (SSSR count). The van der Waals surface area contributed by atoms with Crippen molar-refractivity contribution in [1.29, 1.82) is 0 Å². The lowest BCUT2D eigenvalue weighted by Crippen LogP contribution is -2.37. The highest BCUT2D eigenvalue weighted by molar-refractivity contribution is 5.80. The molecular weight excluding hydrogens is 390 g/mol. The van der Waals surface area contributed by atoms with Crippen molar-refractivity contribution >= 4 is 5.91 Å². The highest BCUT2D eigenvalue weighted by Crippen LogP contribution is 2.42. The summed E-state index contributed by atoms with van der Waals surface area (Å²) in [4.78, 5) is 13.4. The third kappa shape index (κ3) is 4.36. The van der Waals surface area contributed by atoms with Gasteiger partial charge in [-0.1, -0.05) is 109 Å². The molecule has 0 bridgehead atoms. The molecule has 0 radical (unpaired) electrons. The van der Waals surface area contributed by atoms with Gasteiger partial charge in [-0.25, -0.2) is 0 Å². The van der Waals surface area contributed by atoms with Crippen LogP contribution in [0.1, 0.15) is 39.8 Å². The summed E-state index contributed by atoms with van der Waals surface area (Å²) in [6.45, 7) is 4.74. The Morgan fingerprint density at radius 1 is 0.656 bits per heavy atom. The van der Waals surface area contributed by atoms with Crippen LogP contribution in [0.15, 0.2) is 109 Å². The molecule has 0 saturated carbocycles. The van der Waals surface area contributed by atoms with Gasteiger partial charge < -0.3 is 5.32 Å². The van der Waals surface area contributed by atoms with Crippen molar-refractivity contribution < 1.29 is 4.79 Å². The molecule has 0 aliphatic carbocycles. The Morgan fingerprint density at radius 3 is 1.59 bits per heavy atom. The van der Waals surface area contributed by atoms with E-state index in [0.717, 1.165) is 22.3 Å². The van der Waals surface area contributed by atoms with E-state index in [0.29, 0.717) is 13.0 Å². The summed E-state index contributed by atoms with van der Waals surface area (Å²) in [5.41, 5.74) is 6.38. The fourth-order valence-corrected chi connectivity index (χ4v) is 4.47. The number of hydrogen-bond acceptors (Lipinski definition) is 1. The lowest BCUT2D eigenvalue weighted by atomic mass is 9.67. The average Bonchev–Trinajstić information content (AvgIpc) is 2.85. The van der Waals surface area contributed by atoms with E-state index < -0.39 is 5.41 Å². The van der Waals surface area contributed by atoms with Gasteiger partial charge in [0.05, 0.1) is 5.41 Å². The summed E-state index contributed by atoms with van der Waals surface area (Å²) in [5, 5.41) is 3.19. The number of aryl methyl sites for hydroxylation is 1. The van der Waals surface area contributed by atoms with E-state index >= 15 is 0 Å².